The standard InChI is InChI=1S/C19H22N2O3S2/c1-15-3-4-16(2)18(13-15)26(23,24)21-10-8-20(9-11-21)19(22)6-5-17-7-12-25-14-17/h3-7,12-14H,8-11H2,1-2H3/b6-5+. The molecule has 0 spiro atoms. The van der Waals surface area contributed by atoms with Crippen molar-refractivity contribution in [2.45, 2.75) is 18.7 Å². The van der Waals surface area contributed by atoms with Gasteiger partial charge in [0.25, 0.3) is 0 Å². The number of sulfonamides is 1. The molecule has 0 atom stereocenters. The van der Waals surface area contributed by atoms with Gasteiger partial charge in [0.05, 0.1) is 4.90 Å². The lowest BCUT2D eigenvalue weighted by Crippen LogP contribution is -2.50. The summed E-state index contributed by atoms with van der Waals surface area (Å²) in [5, 5.41) is 3.93. The second kappa shape index (κ2) is 7.73. The first-order chi connectivity index (χ1) is 12.4. The second-order valence-corrected chi connectivity index (χ2v) is 9.07. The summed E-state index contributed by atoms with van der Waals surface area (Å²) >= 11 is 1.58. The van der Waals surface area contributed by atoms with Gasteiger partial charge in [-0.1, -0.05) is 12.1 Å². The van der Waals surface area contributed by atoms with Gasteiger partial charge in [0.15, 0.2) is 0 Å². The molecule has 1 saturated heterocycles. The number of carbonyl (C=O) groups excluding carboxylic acids is 1. The normalized spacial score (nSPS) is 16.3. The Morgan fingerprint density at radius 1 is 1.12 bits per heavy atom. The Kier molecular flexibility index (Phi) is 5.60. The maximum Gasteiger partial charge on any atom is 0.246 e. The van der Waals surface area contributed by atoms with Gasteiger partial charge in [0.1, 0.15) is 0 Å². The van der Waals surface area contributed by atoms with Crippen LogP contribution in [0.3, 0.4) is 0 Å². The Morgan fingerprint density at radius 3 is 2.50 bits per heavy atom. The van der Waals surface area contributed by atoms with Gasteiger partial charge < -0.3 is 4.90 Å². The van der Waals surface area contributed by atoms with Gasteiger partial charge in [-0.05, 0) is 59.5 Å². The number of rotatable bonds is 4. The van der Waals surface area contributed by atoms with E-state index in [1.54, 1.807) is 41.4 Å². The summed E-state index contributed by atoms with van der Waals surface area (Å²) in [7, 11) is -3.53. The molecule has 0 bridgehead atoms. The van der Waals surface area contributed by atoms with Crippen LogP contribution in [-0.4, -0.2) is 49.7 Å². The fourth-order valence-electron chi connectivity index (χ4n) is 2.92. The van der Waals surface area contributed by atoms with Crippen LogP contribution >= 0.6 is 11.3 Å². The van der Waals surface area contributed by atoms with Gasteiger partial charge in [-0.25, -0.2) is 8.42 Å². The third-order valence-electron chi connectivity index (χ3n) is 4.47. The number of piperazine rings is 1. The lowest BCUT2D eigenvalue weighted by Gasteiger charge is -2.33. The fraction of sp³-hybridized carbons (Fsp3) is 0.316. The molecule has 2 aromatic rings. The molecule has 26 heavy (non-hydrogen) atoms. The third-order valence-corrected chi connectivity index (χ3v) is 7.22. The van der Waals surface area contributed by atoms with E-state index in [0.29, 0.717) is 31.1 Å². The molecule has 1 aromatic heterocycles. The first-order valence-electron chi connectivity index (χ1n) is 8.44. The van der Waals surface area contributed by atoms with Crippen LogP contribution in [0, 0.1) is 13.8 Å². The third kappa shape index (κ3) is 4.06. The van der Waals surface area contributed by atoms with Crippen LogP contribution in [-0.2, 0) is 14.8 Å². The molecule has 138 valence electrons. The first kappa shape index (κ1) is 18.8. The number of nitrogens with zero attached hydrogens (tertiary/aromatic N) is 2. The molecule has 2 heterocycles. The molecule has 3 rings (SSSR count). The number of hydrogen-bond donors (Lipinski definition) is 0. The molecule has 0 radical (unpaired) electrons. The van der Waals surface area contributed by atoms with E-state index in [9.17, 15) is 13.2 Å². The average Bonchev–Trinajstić information content (AvgIpc) is 3.15. The van der Waals surface area contributed by atoms with E-state index in [-0.39, 0.29) is 5.91 Å². The molecule has 7 heteroatoms. The van der Waals surface area contributed by atoms with Gasteiger partial charge in [0, 0.05) is 32.3 Å². The summed E-state index contributed by atoms with van der Waals surface area (Å²) in [6.07, 6.45) is 3.34. The van der Waals surface area contributed by atoms with E-state index in [1.807, 2.05) is 35.9 Å². The molecule has 0 saturated carbocycles. The van der Waals surface area contributed by atoms with E-state index < -0.39 is 10.0 Å². The molecule has 1 aliphatic rings. The van der Waals surface area contributed by atoms with Crippen LogP contribution in [0.25, 0.3) is 6.08 Å². The molecule has 1 aliphatic heterocycles. The maximum absolute atomic E-state index is 12.9. The number of aryl methyl sites for hydroxylation is 2. The van der Waals surface area contributed by atoms with Crippen molar-refractivity contribution >= 4 is 33.3 Å². The molecule has 5 nitrogen and oxygen atoms in total. The summed E-state index contributed by atoms with van der Waals surface area (Å²) in [5.74, 6) is -0.0833. The minimum atomic E-state index is -3.53. The number of carbonyl (C=O) groups is 1. The van der Waals surface area contributed by atoms with Crippen molar-refractivity contribution in [3.05, 3.63) is 57.8 Å². The average molecular weight is 391 g/mol. The molecule has 0 aliphatic carbocycles. The van der Waals surface area contributed by atoms with Crippen LogP contribution in [0.2, 0.25) is 0 Å². The number of thiophene rings is 1. The Hall–Kier alpha value is -1.96. The Bertz CT molecular complexity index is 910. The van der Waals surface area contributed by atoms with E-state index in [0.717, 1.165) is 16.7 Å². The van der Waals surface area contributed by atoms with Crippen LogP contribution in [0.15, 0.2) is 46.0 Å². The lowest BCUT2D eigenvalue weighted by atomic mass is 10.2. The molecule has 1 fully saturated rings. The van der Waals surface area contributed by atoms with Crippen LogP contribution in [0.4, 0.5) is 0 Å². The maximum atomic E-state index is 12.9. The van der Waals surface area contributed by atoms with Crippen molar-refractivity contribution in [3.8, 4) is 0 Å². The SMILES string of the molecule is Cc1ccc(C)c(S(=O)(=O)N2CCN(C(=O)/C=C/c3ccsc3)CC2)c1. The van der Waals surface area contributed by atoms with Crippen LogP contribution in [0.5, 0.6) is 0 Å². The monoisotopic (exact) mass is 390 g/mol. The Morgan fingerprint density at radius 2 is 1.85 bits per heavy atom. The van der Waals surface area contributed by atoms with E-state index in [2.05, 4.69) is 0 Å². The number of amides is 1. The van der Waals surface area contributed by atoms with Crippen molar-refractivity contribution < 1.29 is 13.2 Å². The highest BCUT2D eigenvalue weighted by molar-refractivity contribution is 7.89. The Labute approximate surface area is 158 Å². The minimum absolute atomic E-state index is 0.0833. The van der Waals surface area contributed by atoms with E-state index >= 15 is 0 Å². The predicted molar refractivity (Wildman–Crippen MR) is 105 cm³/mol. The molecular formula is C19H22N2O3S2. The summed E-state index contributed by atoms with van der Waals surface area (Å²) in [4.78, 5) is 14.3. The Balaban J connectivity index is 1.66. The zero-order valence-corrected chi connectivity index (χ0v) is 16.5. The van der Waals surface area contributed by atoms with Crippen molar-refractivity contribution in [3.63, 3.8) is 0 Å². The van der Waals surface area contributed by atoms with Gasteiger partial charge in [-0.2, -0.15) is 15.6 Å². The van der Waals surface area contributed by atoms with Crippen molar-refractivity contribution in [1.82, 2.24) is 9.21 Å². The van der Waals surface area contributed by atoms with Crippen LogP contribution in [0.1, 0.15) is 16.7 Å². The van der Waals surface area contributed by atoms with Gasteiger partial charge in [-0.3, -0.25) is 4.79 Å². The molecular weight excluding hydrogens is 368 g/mol. The summed E-state index contributed by atoms with van der Waals surface area (Å²) in [5.41, 5.74) is 2.66. The van der Waals surface area contributed by atoms with Crippen molar-refractivity contribution in [2.24, 2.45) is 0 Å². The van der Waals surface area contributed by atoms with Crippen molar-refractivity contribution in [2.75, 3.05) is 26.2 Å². The first-order valence-corrected chi connectivity index (χ1v) is 10.8. The van der Waals surface area contributed by atoms with Gasteiger partial charge in [-0.15, -0.1) is 0 Å². The summed E-state index contributed by atoms with van der Waals surface area (Å²) < 4.78 is 27.3. The topological polar surface area (TPSA) is 57.7 Å². The summed E-state index contributed by atoms with van der Waals surface area (Å²) in [6.45, 7) is 5.12. The predicted octanol–water partition coefficient (Wildman–Crippen LogP) is 2.91. The minimum Gasteiger partial charge on any atom is -0.337 e. The number of benzene rings is 1. The van der Waals surface area contributed by atoms with E-state index in [1.165, 1.54) is 4.31 Å². The van der Waals surface area contributed by atoms with Crippen molar-refractivity contribution in [1.29, 1.82) is 0 Å². The fourth-order valence-corrected chi connectivity index (χ4v) is 5.28. The highest BCUT2D eigenvalue weighted by atomic mass is 32.2. The molecule has 1 amide bonds. The van der Waals surface area contributed by atoms with Crippen LogP contribution < -0.4 is 0 Å². The van der Waals surface area contributed by atoms with E-state index in [4.69, 9.17) is 0 Å². The van der Waals surface area contributed by atoms with Gasteiger partial charge >= 0.3 is 0 Å². The molecule has 0 N–H and O–H groups in total. The second-order valence-electron chi connectivity index (χ2n) is 6.39. The quantitative estimate of drug-likeness (QED) is 0.755. The lowest BCUT2D eigenvalue weighted by molar-refractivity contribution is -0.127. The zero-order valence-electron chi connectivity index (χ0n) is 14.9. The highest BCUT2D eigenvalue weighted by Gasteiger charge is 2.30. The largest absolute Gasteiger partial charge is 0.337 e. The zero-order chi connectivity index (χ0) is 18.7. The summed E-state index contributed by atoms with van der Waals surface area (Å²) in [6, 6.07) is 7.40. The molecule has 0 unspecified atom stereocenters. The smallest absolute Gasteiger partial charge is 0.246 e. The molecule has 1 aromatic carbocycles. The highest BCUT2D eigenvalue weighted by Crippen LogP contribution is 2.22. The van der Waals surface area contributed by atoms with Gasteiger partial charge in [0.2, 0.25) is 15.9 Å². The number of hydrogen-bond acceptors (Lipinski definition) is 4.